The molecule has 0 aliphatic carbocycles. The summed E-state index contributed by atoms with van der Waals surface area (Å²) in [6.45, 7) is 5.46. The Kier molecular flexibility index (Phi) is 5.29. The van der Waals surface area contributed by atoms with Gasteiger partial charge in [0.25, 0.3) is 11.5 Å². The molecule has 0 aromatic carbocycles. The van der Waals surface area contributed by atoms with Crippen LogP contribution in [0.5, 0.6) is 0 Å². The summed E-state index contributed by atoms with van der Waals surface area (Å²) in [5.41, 5.74) is 0.744. The van der Waals surface area contributed by atoms with E-state index in [0.29, 0.717) is 28.2 Å². The molecular formula is C19H26N4O3S. The summed E-state index contributed by atoms with van der Waals surface area (Å²) in [6, 6.07) is 0. The lowest BCUT2D eigenvalue weighted by Gasteiger charge is -2.30. The van der Waals surface area contributed by atoms with Crippen molar-refractivity contribution in [2.45, 2.75) is 45.3 Å². The van der Waals surface area contributed by atoms with Crippen molar-refractivity contribution < 1.29 is 9.53 Å². The van der Waals surface area contributed by atoms with Crippen LogP contribution >= 0.6 is 11.3 Å². The number of ether oxygens (including phenoxy) is 1. The van der Waals surface area contributed by atoms with Crippen molar-refractivity contribution in [3.8, 4) is 0 Å². The van der Waals surface area contributed by atoms with Gasteiger partial charge >= 0.3 is 0 Å². The number of thiophene rings is 1. The average Bonchev–Trinajstić information content (AvgIpc) is 2.82. The summed E-state index contributed by atoms with van der Waals surface area (Å²) in [7, 11) is 2.05. The van der Waals surface area contributed by atoms with Crippen molar-refractivity contribution >= 4 is 27.5 Å². The number of rotatable bonds is 3. The summed E-state index contributed by atoms with van der Waals surface area (Å²) in [5.74, 6) is 0.712. The predicted molar refractivity (Wildman–Crippen MR) is 106 cm³/mol. The first kappa shape index (κ1) is 18.6. The smallest absolute Gasteiger partial charge is 0.262 e. The fourth-order valence-electron chi connectivity index (χ4n) is 3.90. The van der Waals surface area contributed by atoms with Crippen LogP contribution in [0.4, 0.5) is 0 Å². The number of hydrogen-bond acceptors (Lipinski definition) is 6. The van der Waals surface area contributed by atoms with Gasteiger partial charge in [0.2, 0.25) is 0 Å². The molecule has 0 radical (unpaired) electrons. The van der Waals surface area contributed by atoms with E-state index >= 15 is 0 Å². The molecule has 2 aromatic rings. The highest BCUT2D eigenvalue weighted by Gasteiger charge is 2.23. The third-order valence-corrected chi connectivity index (χ3v) is 6.63. The number of fused-ring (bicyclic) bond motifs is 2. The monoisotopic (exact) mass is 390 g/mol. The molecule has 1 atom stereocenters. The Balaban J connectivity index is 1.59. The zero-order valence-corrected chi connectivity index (χ0v) is 16.7. The molecule has 1 amide bonds. The lowest BCUT2D eigenvalue weighted by Crippen LogP contribution is -2.45. The van der Waals surface area contributed by atoms with Crippen LogP contribution in [-0.4, -0.2) is 59.8 Å². The summed E-state index contributed by atoms with van der Waals surface area (Å²) >= 11 is 1.33. The Morgan fingerprint density at radius 2 is 2.19 bits per heavy atom. The number of carbonyl (C=O) groups is 1. The highest BCUT2D eigenvalue weighted by molar-refractivity contribution is 7.20. The van der Waals surface area contributed by atoms with Crippen molar-refractivity contribution in [1.82, 2.24) is 19.8 Å². The van der Waals surface area contributed by atoms with Gasteiger partial charge in [-0.25, -0.2) is 4.98 Å². The maximum Gasteiger partial charge on any atom is 0.262 e. The maximum absolute atomic E-state index is 13.0. The SMILES string of the molecule is Cc1c(C(=O)NC[C@@H]2CN(C)CCO2)sc2nc3n(c(=O)c12)CCCCC3. The van der Waals surface area contributed by atoms with E-state index in [2.05, 4.69) is 17.3 Å². The van der Waals surface area contributed by atoms with Crippen molar-refractivity contribution in [3.05, 3.63) is 26.6 Å². The van der Waals surface area contributed by atoms with Gasteiger partial charge in [0.05, 0.1) is 23.0 Å². The Morgan fingerprint density at radius 3 is 3.00 bits per heavy atom. The Labute approximate surface area is 162 Å². The molecule has 0 bridgehead atoms. The molecule has 2 aliphatic rings. The molecule has 0 saturated carbocycles. The molecular weight excluding hydrogens is 364 g/mol. The number of nitrogens with one attached hydrogen (secondary N) is 1. The van der Waals surface area contributed by atoms with Gasteiger partial charge in [0.15, 0.2) is 0 Å². The van der Waals surface area contributed by atoms with E-state index in [1.165, 1.54) is 11.3 Å². The second kappa shape index (κ2) is 7.69. The number of aromatic nitrogens is 2. The minimum Gasteiger partial charge on any atom is -0.374 e. The maximum atomic E-state index is 13.0. The van der Waals surface area contributed by atoms with Gasteiger partial charge in [-0.15, -0.1) is 11.3 Å². The molecule has 1 N–H and O–H groups in total. The van der Waals surface area contributed by atoms with Gasteiger partial charge in [-0.1, -0.05) is 6.42 Å². The summed E-state index contributed by atoms with van der Waals surface area (Å²) < 4.78 is 7.51. The van der Waals surface area contributed by atoms with Gasteiger partial charge in [-0.3, -0.25) is 14.2 Å². The number of carbonyl (C=O) groups excluding carboxylic acids is 1. The van der Waals surface area contributed by atoms with E-state index in [1.54, 1.807) is 0 Å². The minimum atomic E-state index is -0.146. The second-order valence-electron chi connectivity index (χ2n) is 7.50. The molecule has 0 unspecified atom stereocenters. The van der Waals surface area contributed by atoms with Gasteiger partial charge in [-0.05, 0) is 32.4 Å². The average molecular weight is 391 g/mol. The van der Waals surface area contributed by atoms with Crippen molar-refractivity contribution in [3.63, 3.8) is 0 Å². The first-order chi connectivity index (χ1) is 13.0. The highest BCUT2D eigenvalue weighted by Crippen LogP contribution is 2.28. The number of hydrogen-bond donors (Lipinski definition) is 1. The molecule has 2 aliphatic heterocycles. The molecule has 2 aromatic heterocycles. The molecule has 27 heavy (non-hydrogen) atoms. The van der Waals surface area contributed by atoms with Gasteiger partial charge in [-0.2, -0.15) is 0 Å². The normalized spacial score (nSPS) is 21.0. The van der Waals surface area contributed by atoms with Crippen molar-refractivity contribution in [1.29, 1.82) is 0 Å². The predicted octanol–water partition coefficient (Wildman–Crippen LogP) is 1.55. The van der Waals surface area contributed by atoms with E-state index in [-0.39, 0.29) is 17.6 Å². The van der Waals surface area contributed by atoms with E-state index in [4.69, 9.17) is 9.72 Å². The molecule has 1 fully saturated rings. The van der Waals surface area contributed by atoms with Crippen LogP contribution in [0, 0.1) is 6.92 Å². The van der Waals surface area contributed by atoms with Crippen LogP contribution in [0.25, 0.3) is 10.2 Å². The third-order valence-electron chi connectivity index (χ3n) is 5.45. The van der Waals surface area contributed by atoms with Gasteiger partial charge in [0.1, 0.15) is 10.7 Å². The van der Waals surface area contributed by atoms with Crippen LogP contribution in [-0.2, 0) is 17.7 Å². The lowest BCUT2D eigenvalue weighted by molar-refractivity contribution is -0.0174. The molecule has 146 valence electrons. The minimum absolute atomic E-state index is 0.00180. The fourth-order valence-corrected chi connectivity index (χ4v) is 5.01. The molecule has 0 spiro atoms. The number of morpholine rings is 1. The van der Waals surface area contributed by atoms with Crippen LogP contribution in [0.2, 0.25) is 0 Å². The highest BCUT2D eigenvalue weighted by atomic mass is 32.1. The summed E-state index contributed by atoms with van der Waals surface area (Å²) in [6.07, 6.45) is 4.03. The quantitative estimate of drug-likeness (QED) is 0.861. The van der Waals surface area contributed by atoms with Crippen molar-refractivity contribution in [2.75, 3.05) is 33.3 Å². The number of amides is 1. The Bertz CT molecular complexity index is 920. The molecule has 7 nitrogen and oxygen atoms in total. The Hall–Kier alpha value is -1.77. The first-order valence-electron chi connectivity index (χ1n) is 9.65. The van der Waals surface area contributed by atoms with E-state index < -0.39 is 0 Å². The van der Waals surface area contributed by atoms with Crippen LogP contribution in [0.15, 0.2) is 4.79 Å². The van der Waals surface area contributed by atoms with E-state index in [0.717, 1.165) is 56.7 Å². The zero-order chi connectivity index (χ0) is 19.0. The van der Waals surface area contributed by atoms with Gasteiger partial charge in [0, 0.05) is 32.6 Å². The summed E-state index contributed by atoms with van der Waals surface area (Å²) in [5, 5.41) is 3.57. The second-order valence-corrected chi connectivity index (χ2v) is 8.50. The van der Waals surface area contributed by atoms with Crippen LogP contribution in [0.1, 0.15) is 40.3 Å². The van der Waals surface area contributed by atoms with Crippen molar-refractivity contribution in [2.24, 2.45) is 0 Å². The van der Waals surface area contributed by atoms with E-state index in [9.17, 15) is 9.59 Å². The summed E-state index contributed by atoms with van der Waals surface area (Å²) in [4.78, 5) is 33.9. The molecule has 4 heterocycles. The molecule has 1 saturated heterocycles. The van der Waals surface area contributed by atoms with Crippen LogP contribution in [0.3, 0.4) is 0 Å². The Morgan fingerprint density at radius 1 is 1.33 bits per heavy atom. The topological polar surface area (TPSA) is 76.5 Å². The fraction of sp³-hybridized carbons (Fsp3) is 0.632. The zero-order valence-electron chi connectivity index (χ0n) is 15.9. The molecule has 4 rings (SSSR count). The number of likely N-dealkylation sites (N-methyl/N-ethyl adjacent to an activating group) is 1. The molecule has 8 heteroatoms. The van der Waals surface area contributed by atoms with Gasteiger partial charge < -0.3 is 15.0 Å². The van der Waals surface area contributed by atoms with E-state index in [1.807, 2.05) is 11.5 Å². The number of nitrogens with zero attached hydrogens (tertiary/aromatic N) is 3. The lowest BCUT2D eigenvalue weighted by atomic mass is 10.2. The standard InChI is InChI=1S/C19H26N4O3S/c1-12-15-18(21-14-6-4-3-5-7-23(14)19(15)25)27-16(12)17(24)20-10-13-11-22(2)8-9-26-13/h13H,3-11H2,1-2H3,(H,20,24)/t13-/m1/s1. The first-order valence-corrected chi connectivity index (χ1v) is 10.5. The van der Waals surface area contributed by atoms with Crippen LogP contribution < -0.4 is 10.9 Å². The third kappa shape index (κ3) is 3.66. The number of aryl methyl sites for hydroxylation is 2. The largest absolute Gasteiger partial charge is 0.374 e.